The number of benzene rings is 1. The zero-order valence-electron chi connectivity index (χ0n) is 13.6. The van der Waals surface area contributed by atoms with Gasteiger partial charge in [0.2, 0.25) is 12.7 Å². The number of nitrogens with zero attached hydrogens (tertiary/aromatic N) is 1. The lowest BCUT2D eigenvalue weighted by molar-refractivity contribution is -0.129. The van der Waals surface area contributed by atoms with Crippen LogP contribution in [0.3, 0.4) is 0 Å². The lowest BCUT2D eigenvalue weighted by Gasteiger charge is -2.39. The van der Waals surface area contributed by atoms with Crippen LogP contribution in [0.4, 0.5) is 0 Å². The number of nitrogens with one attached hydrogen (secondary N) is 1. The molecule has 0 unspecified atom stereocenters. The fourth-order valence-electron chi connectivity index (χ4n) is 3.59. The number of likely N-dealkylation sites (tertiary alicyclic amines) is 1. The minimum Gasteiger partial charge on any atom is -0.454 e. The van der Waals surface area contributed by atoms with Crippen molar-refractivity contribution < 1.29 is 19.1 Å². The van der Waals surface area contributed by atoms with Crippen LogP contribution in [0.25, 0.3) is 0 Å². The fourth-order valence-corrected chi connectivity index (χ4v) is 3.59. The van der Waals surface area contributed by atoms with Gasteiger partial charge >= 0.3 is 0 Å². The third kappa shape index (κ3) is 2.92. The number of carbonyl (C=O) groups excluding carboxylic acids is 2. The summed E-state index contributed by atoms with van der Waals surface area (Å²) in [6.07, 6.45) is 5.83. The zero-order chi connectivity index (χ0) is 16.5. The number of amides is 2. The Morgan fingerprint density at radius 1 is 1.04 bits per heavy atom. The van der Waals surface area contributed by atoms with Gasteiger partial charge in [0.15, 0.2) is 11.5 Å². The van der Waals surface area contributed by atoms with Crippen molar-refractivity contribution in [3.8, 4) is 11.5 Å². The molecule has 2 fully saturated rings. The van der Waals surface area contributed by atoms with E-state index in [0.717, 1.165) is 12.8 Å². The van der Waals surface area contributed by atoms with Crippen LogP contribution >= 0.6 is 0 Å². The Kier molecular flexibility index (Phi) is 4.04. The van der Waals surface area contributed by atoms with E-state index in [-0.39, 0.29) is 24.5 Å². The molecule has 4 rings (SSSR count). The Morgan fingerprint density at radius 3 is 2.58 bits per heavy atom. The van der Waals surface area contributed by atoms with Crippen molar-refractivity contribution in [2.45, 2.75) is 38.1 Å². The normalized spacial score (nSPS) is 20.6. The van der Waals surface area contributed by atoms with Crippen LogP contribution in [0.5, 0.6) is 11.5 Å². The van der Waals surface area contributed by atoms with E-state index < -0.39 is 0 Å². The second-order valence-electron chi connectivity index (χ2n) is 6.82. The van der Waals surface area contributed by atoms with Gasteiger partial charge in [-0.2, -0.15) is 0 Å². The summed E-state index contributed by atoms with van der Waals surface area (Å²) in [5, 5.41) is 3.14. The highest BCUT2D eigenvalue weighted by molar-refractivity contribution is 5.96. The number of hydrogen-bond donors (Lipinski definition) is 1. The summed E-state index contributed by atoms with van der Waals surface area (Å²) in [5.74, 6) is 1.23. The first-order chi connectivity index (χ1) is 11.7. The molecule has 24 heavy (non-hydrogen) atoms. The molecule has 0 aromatic heterocycles. The van der Waals surface area contributed by atoms with Crippen LogP contribution in [0.2, 0.25) is 0 Å². The summed E-state index contributed by atoms with van der Waals surface area (Å²) >= 11 is 0. The van der Waals surface area contributed by atoms with Crippen LogP contribution in [0.15, 0.2) is 18.2 Å². The molecule has 2 amide bonds. The standard InChI is InChI=1S/C18H22N2O4/c21-17(19-14-4-2-1-3-5-14)13-9-20(10-13)18(22)12-6-7-15-16(8-12)24-11-23-15/h6-8,13-14H,1-5,9-11H2,(H,19,21). The van der Waals surface area contributed by atoms with Crippen LogP contribution < -0.4 is 14.8 Å². The molecule has 3 aliphatic rings. The SMILES string of the molecule is O=C(NC1CCCCC1)C1CN(C(=O)c2ccc3c(c2)OCO3)C1. The molecular weight excluding hydrogens is 308 g/mol. The highest BCUT2D eigenvalue weighted by Gasteiger charge is 2.37. The molecule has 128 valence electrons. The van der Waals surface area contributed by atoms with Crippen molar-refractivity contribution >= 4 is 11.8 Å². The number of fused-ring (bicyclic) bond motifs is 1. The quantitative estimate of drug-likeness (QED) is 0.920. The van der Waals surface area contributed by atoms with Gasteiger partial charge in [0.05, 0.1) is 5.92 Å². The molecule has 1 aromatic carbocycles. The van der Waals surface area contributed by atoms with Gasteiger partial charge in [0.25, 0.3) is 5.91 Å². The number of rotatable bonds is 3. The monoisotopic (exact) mass is 330 g/mol. The zero-order valence-corrected chi connectivity index (χ0v) is 13.6. The smallest absolute Gasteiger partial charge is 0.254 e. The van der Waals surface area contributed by atoms with Gasteiger partial charge in [-0.05, 0) is 31.0 Å². The maximum atomic E-state index is 12.5. The van der Waals surface area contributed by atoms with E-state index in [1.54, 1.807) is 23.1 Å². The molecule has 6 nitrogen and oxygen atoms in total. The largest absolute Gasteiger partial charge is 0.454 e. The average Bonchev–Trinajstić information content (AvgIpc) is 3.01. The second-order valence-corrected chi connectivity index (χ2v) is 6.82. The third-order valence-corrected chi connectivity index (χ3v) is 5.11. The maximum Gasteiger partial charge on any atom is 0.254 e. The van der Waals surface area contributed by atoms with Gasteiger partial charge in [-0.1, -0.05) is 19.3 Å². The van der Waals surface area contributed by atoms with E-state index in [1.165, 1.54) is 19.3 Å². The van der Waals surface area contributed by atoms with Crippen molar-refractivity contribution in [3.05, 3.63) is 23.8 Å². The molecule has 1 N–H and O–H groups in total. The second kappa shape index (κ2) is 6.34. The molecule has 6 heteroatoms. The van der Waals surface area contributed by atoms with Gasteiger partial charge in [-0.25, -0.2) is 0 Å². The molecular formula is C18H22N2O4. The van der Waals surface area contributed by atoms with E-state index in [1.807, 2.05) is 0 Å². The molecule has 1 saturated heterocycles. The summed E-state index contributed by atoms with van der Waals surface area (Å²) < 4.78 is 10.6. The minimum absolute atomic E-state index is 0.0602. The molecule has 1 saturated carbocycles. The first-order valence-electron chi connectivity index (χ1n) is 8.70. The minimum atomic E-state index is -0.0788. The highest BCUT2D eigenvalue weighted by Crippen LogP contribution is 2.33. The van der Waals surface area contributed by atoms with Crippen LogP contribution in [-0.2, 0) is 4.79 Å². The predicted octanol–water partition coefficient (Wildman–Crippen LogP) is 1.94. The summed E-state index contributed by atoms with van der Waals surface area (Å²) in [4.78, 5) is 26.5. The first-order valence-corrected chi connectivity index (χ1v) is 8.70. The Bertz CT molecular complexity index is 648. The lowest BCUT2D eigenvalue weighted by Crippen LogP contribution is -2.57. The van der Waals surface area contributed by atoms with Gasteiger partial charge < -0.3 is 19.7 Å². The number of ether oxygens (including phenoxy) is 2. The summed E-state index contributed by atoms with van der Waals surface area (Å²) in [7, 11) is 0. The van der Waals surface area contributed by atoms with Gasteiger partial charge in [-0.15, -0.1) is 0 Å². The third-order valence-electron chi connectivity index (χ3n) is 5.11. The van der Waals surface area contributed by atoms with Crippen LogP contribution in [0.1, 0.15) is 42.5 Å². The molecule has 0 spiro atoms. The Labute approximate surface area is 141 Å². The maximum absolute atomic E-state index is 12.5. The van der Waals surface area contributed by atoms with Crippen LogP contribution in [0, 0.1) is 5.92 Å². The van der Waals surface area contributed by atoms with E-state index in [0.29, 0.717) is 36.2 Å². The van der Waals surface area contributed by atoms with Crippen molar-refractivity contribution in [2.75, 3.05) is 19.9 Å². The van der Waals surface area contributed by atoms with E-state index in [4.69, 9.17) is 9.47 Å². The average molecular weight is 330 g/mol. The van der Waals surface area contributed by atoms with Gasteiger partial charge in [0, 0.05) is 24.7 Å². The summed E-state index contributed by atoms with van der Waals surface area (Å²) in [6.45, 7) is 1.18. The first kappa shape index (κ1) is 15.3. The van der Waals surface area contributed by atoms with Gasteiger partial charge in [0.1, 0.15) is 0 Å². The van der Waals surface area contributed by atoms with Crippen molar-refractivity contribution in [1.29, 1.82) is 0 Å². The predicted molar refractivity (Wildman–Crippen MR) is 87.0 cm³/mol. The molecule has 2 heterocycles. The van der Waals surface area contributed by atoms with Crippen LogP contribution in [-0.4, -0.2) is 42.6 Å². The Morgan fingerprint density at radius 2 is 1.79 bits per heavy atom. The molecule has 1 aromatic rings. The summed E-state index contributed by atoms with van der Waals surface area (Å²) in [6, 6.07) is 5.53. The highest BCUT2D eigenvalue weighted by atomic mass is 16.7. The number of carbonyl (C=O) groups is 2. The molecule has 1 aliphatic carbocycles. The Hall–Kier alpha value is -2.24. The van der Waals surface area contributed by atoms with E-state index >= 15 is 0 Å². The Balaban J connectivity index is 1.30. The number of hydrogen-bond acceptors (Lipinski definition) is 4. The van der Waals surface area contributed by atoms with E-state index in [9.17, 15) is 9.59 Å². The lowest BCUT2D eigenvalue weighted by atomic mass is 9.93. The molecule has 0 bridgehead atoms. The van der Waals surface area contributed by atoms with Gasteiger partial charge in [-0.3, -0.25) is 9.59 Å². The summed E-state index contributed by atoms with van der Waals surface area (Å²) in [5.41, 5.74) is 0.574. The molecule has 2 aliphatic heterocycles. The molecule has 0 radical (unpaired) electrons. The van der Waals surface area contributed by atoms with E-state index in [2.05, 4.69) is 5.32 Å². The molecule has 0 atom stereocenters. The topological polar surface area (TPSA) is 67.9 Å². The van der Waals surface area contributed by atoms with Crippen molar-refractivity contribution in [3.63, 3.8) is 0 Å². The van der Waals surface area contributed by atoms with Crippen molar-refractivity contribution in [2.24, 2.45) is 5.92 Å². The fraction of sp³-hybridized carbons (Fsp3) is 0.556. The van der Waals surface area contributed by atoms with Crippen molar-refractivity contribution in [1.82, 2.24) is 10.2 Å².